The van der Waals surface area contributed by atoms with Crippen LogP contribution in [0.5, 0.6) is 0 Å². The topological polar surface area (TPSA) is 49.3 Å². The highest BCUT2D eigenvalue weighted by Crippen LogP contribution is 2.55. The van der Waals surface area contributed by atoms with E-state index in [4.69, 9.17) is 0 Å². The van der Waals surface area contributed by atoms with Crippen molar-refractivity contribution < 1.29 is 4.79 Å². The summed E-state index contributed by atoms with van der Waals surface area (Å²) in [6.45, 7) is 7.63. The zero-order valence-electron chi connectivity index (χ0n) is 19.4. The Morgan fingerprint density at radius 1 is 1.16 bits per heavy atom. The molecule has 0 spiro atoms. The van der Waals surface area contributed by atoms with E-state index < -0.39 is 0 Å². The molecule has 172 valence electrons. The standard InChI is InChI=1S/C26H36N4OS/c1-3-29-9-6-21-22(16-29)32-24(30-7-4-5-8-30)23(21)17(2)27-25(31)28-26-13-18-10-19(14-26)12-20(11-18)15-26/h4-5,7-8,17-20H,3,6,9-16H2,1-2H3,(H2,27,28,31)/t17-,18?,19?,20?,26?/m0/s1. The van der Waals surface area contributed by atoms with Gasteiger partial charge < -0.3 is 15.2 Å². The molecule has 2 amide bonds. The number of nitrogens with zero attached hydrogens (tertiary/aromatic N) is 2. The molecule has 7 rings (SSSR count). The lowest BCUT2D eigenvalue weighted by molar-refractivity contribution is -0.0136. The number of rotatable bonds is 5. The number of carbonyl (C=O) groups is 1. The summed E-state index contributed by atoms with van der Waals surface area (Å²) < 4.78 is 2.23. The second-order valence-corrected chi connectivity index (χ2v) is 12.0. The molecule has 0 saturated heterocycles. The fraction of sp³-hybridized carbons (Fsp3) is 0.654. The van der Waals surface area contributed by atoms with E-state index in [1.54, 1.807) is 0 Å². The molecule has 2 aromatic heterocycles. The number of hydrogen-bond acceptors (Lipinski definition) is 3. The summed E-state index contributed by atoms with van der Waals surface area (Å²) >= 11 is 1.90. The Morgan fingerprint density at radius 3 is 2.44 bits per heavy atom. The minimum Gasteiger partial charge on any atom is -0.333 e. The van der Waals surface area contributed by atoms with E-state index in [2.05, 4.69) is 58.5 Å². The zero-order valence-corrected chi connectivity index (χ0v) is 20.2. The molecule has 1 aliphatic heterocycles. The molecule has 6 heteroatoms. The summed E-state index contributed by atoms with van der Waals surface area (Å²) in [6, 6.07) is 4.19. The van der Waals surface area contributed by atoms with E-state index in [0.717, 1.165) is 43.8 Å². The molecule has 32 heavy (non-hydrogen) atoms. The van der Waals surface area contributed by atoms with E-state index in [9.17, 15) is 4.79 Å². The minimum absolute atomic E-state index is 0.00510. The molecule has 0 aromatic carbocycles. The number of aromatic nitrogens is 1. The van der Waals surface area contributed by atoms with Crippen LogP contribution in [-0.4, -0.2) is 34.1 Å². The zero-order chi connectivity index (χ0) is 21.9. The Kier molecular flexibility index (Phi) is 5.14. The smallest absolute Gasteiger partial charge is 0.315 e. The van der Waals surface area contributed by atoms with Crippen LogP contribution in [0.25, 0.3) is 5.00 Å². The molecule has 2 N–H and O–H groups in total. The van der Waals surface area contributed by atoms with Crippen molar-refractivity contribution in [3.8, 4) is 5.00 Å². The molecule has 4 aliphatic carbocycles. The first-order valence-electron chi connectivity index (χ1n) is 12.6. The van der Waals surface area contributed by atoms with Gasteiger partial charge in [0, 0.05) is 41.5 Å². The predicted molar refractivity (Wildman–Crippen MR) is 129 cm³/mol. The first-order valence-corrected chi connectivity index (χ1v) is 13.4. The van der Waals surface area contributed by atoms with Crippen molar-refractivity contribution in [2.45, 2.75) is 76.9 Å². The summed E-state index contributed by atoms with van der Waals surface area (Å²) in [5, 5.41) is 8.14. The third kappa shape index (κ3) is 3.60. The lowest BCUT2D eigenvalue weighted by atomic mass is 9.53. The number of thiophene rings is 1. The largest absolute Gasteiger partial charge is 0.333 e. The molecule has 1 atom stereocenters. The molecule has 0 unspecified atom stereocenters. The molecule has 2 aromatic rings. The van der Waals surface area contributed by atoms with Crippen molar-refractivity contribution in [1.29, 1.82) is 0 Å². The molecular weight excluding hydrogens is 416 g/mol. The van der Waals surface area contributed by atoms with Gasteiger partial charge in [0.15, 0.2) is 0 Å². The number of carbonyl (C=O) groups excluding carboxylic acids is 1. The summed E-state index contributed by atoms with van der Waals surface area (Å²) in [7, 11) is 0. The maximum atomic E-state index is 13.3. The van der Waals surface area contributed by atoms with Gasteiger partial charge >= 0.3 is 6.03 Å². The van der Waals surface area contributed by atoms with Crippen LogP contribution < -0.4 is 10.6 Å². The van der Waals surface area contributed by atoms with Crippen LogP contribution in [0.15, 0.2) is 24.5 Å². The first-order chi connectivity index (χ1) is 15.5. The van der Waals surface area contributed by atoms with Crippen LogP contribution in [0.3, 0.4) is 0 Å². The highest BCUT2D eigenvalue weighted by molar-refractivity contribution is 7.15. The van der Waals surface area contributed by atoms with E-state index >= 15 is 0 Å². The van der Waals surface area contributed by atoms with E-state index in [-0.39, 0.29) is 17.6 Å². The Morgan fingerprint density at radius 2 is 1.81 bits per heavy atom. The average molecular weight is 453 g/mol. The van der Waals surface area contributed by atoms with Crippen LogP contribution in [0.4, 0.5) is 4.79 Å². The van der Waals surface area contributed by atoms with Crippen molar-refractivity contribution in [3.63, 3.8) is 0 Å². The Bertz CT molecular complexity index is 959. The number of hydrogen-bond donors (Lipinski definition) is 2. The van der Waals surface area contributed by atoms with Crippen LogP contribution in [0.1, 0.15) is 74.4 Å². The summed E-state index contributed by atoms with van der Waals surface area (Å²) in [5.74, 6) is 2.51. The van der Waals surface area contributed by atoms with Crippen LogP contribution in [-0.2, 0) is 13.0 Å². The molecule has 5 nitrogen and oxygen atoms in total. The normalized spacial score (nSPS) is 32.0. The molecular formula is C26H36N4OS. The number of amides is 2. The van der Waals surface area contributed by atoms with E-state index in [1.165, 1.54) is 59.5 Å². The highest BCUT2D eigenvalue weighted by Gasteiger charge is 2.51. The van der Waals surface area contributed by atoms with Gasteiger partial charge in [-0.25, -0.2) is 4.79 Å². The highest BCUT2D eigenvalue weighted by atomic mass is 32.1. The van der Waals surface area contributed by atoms with Crippen molar-refractivity contribution in [1.82, 2.24) is 20.1 Å². The number of fused-ring (bicyclic) bond motifs is 1. The molecule has 3 heterocycles. The van der Waals surface area contributed by atoms with Gasteiger partial charge in [0.05, 0.1) is 6.04 Å². The SMILES string of the molecule is CCN1CCc2c(sc(-n3cccc3)c2[C@H](C)NC(=O)NC23CC4CC(CC(C4)C2)C3)C1. The second kappa shape index (κ2) is 7.91. The lowest BCUT2D eigenvalue weighted by Gasteiger charge is -2.56. The second-order valence-electron chi connectivity index (χ2n) is 10.9. The Hall–Kier alpha value is -1.79. The monoisotopic (exact) mass is 452 g/mol. The maximum Gasteiger partial charge on any atom is 0.315 e. The number of nitrogens with one attached hydrogen (secondary N) is 2. The minimum atomic E-state index is -0.00510. The third-order valence-electron chi connectivity index (χ3n) is 8.64. The fourth-order valence-electron chi connectivity index (χ4n) is 7.65. The predicted octanol–water partition coefficient (Wildman–Crippen LogP) is 5.25. The number of urea groups is 1. The first kappa shape index (κ1) is 20.8. The van der Waals surface area contributed by atoms with Gasteiger partial charge in [-0.05, 0) is 93.9 Å². The lowest BCUT2D eigenvalue weighted by Crippen LogP contribution is -2.61. The van der Waals surface area contributed by atoms with Crippen LogP contribution in [0.2, 0.25) is 0 Å². The third-order valence-corrected chi connectivity index (χ3v) is 9.89. The van der Waals surface area contributed by atoms with Crippen LogP contribution >= 0.6 is 11.3 Å². The summed E-state index contributed by atoms with van der Waals surface area (Å²) in [4.78, 5) is 17.2. The molecule has 5 aliphatic rings. The van der Waals surface area contributed by atoms with E-state index in [1.807, 2.05) is 11.3 Å². The van der Waals surface area contributed by atoms with Gasteiger partial charge in [-0.15, -0.1) is 11.3 Å². The van der Waals surface area contributed by atoms with E-state index in [0.29, 0.717) is 0 Å². The average Bonchev–Trinajstić information content (AvgIpc) is 3.39. The molecule has 4 saturated carbocycles. The van der Waals surface area contributed by atoms with Gasteiger partial charge in [-0.2, -0.15) is 0 Å². The van der Waals surface area contributed by atoms with Crippen molar-refractivity contribution >= 4 is 17.4 Å². The van der Waals surface area contributed by atoms with Gasteiger partial charge in [0.25, 0.3) is 0 Å². The van der Waals surface area contributed by atoms with Gasteiger partial charge in [0.2, 0.25) is 0 Å². The molecule has 4 bridgehead atoms. The quantitative estimate of drug-likeness (QED) is 0.651. The van der Waals surface area contributed by atoms with Crippen molar-refractivity contribution in [2.75, 3.05) is 13.1 Å². The van der Waals surface area contributed by atoms with Crippen molar-refractivity contribution in [3.05, 3.63) is 40.5 Å². The Labute approximate surface area is 195 Å². The van der Waals surface area contributed by atoms with Gasteiger partial charge in [-0.1, -0.05) is 6.92 Å². The van der Waals surface area contributed by atoms with Crippen LogP contribution in [0, 0.1) is 17.8 Å². The van der Waals surface area contributed by atoms with Gasteiger partial charge in [0.1, 0.15) is 5.00 Å². The fourth-order valence-corrected chi connectivity index (χ4v) is 9.11. The number of likely N-dealkylation sites (N-methyl/N-ethyl adjacent to an activating group) is 1. The summed E-state index contributed by atoms with van der Waals surface area (Å²) in [6.07, 6.45) is 13.1. The van der Waals surface area contributed by atoms with Gasteiger partial charge in [-0.3, -0.25) is 4.90 Å². The maximum absolute atomic E-state index is 13.3. The summed E-state index contributed by atoms with van der Waals surface area (Å²) in [5.41, 5.74) is 2.83. The Balaban J connectivity index is 1.23. The van der Waals surface area contributed by atoms with Crippen molar-refractivity contribution in [2.24, 2.45) is 17.8 Å². The molecule has 4 fully saturated rings. The molecule has 0 radical (unpaired) electrons.